The Kier molecular flexibility index (Phi) is 8.21. The van der Waals surface area contributed by atoms with Gasteiger partial charge in [-0.15, -0.1) is 0 Å². The zero-order valence-corrected chi connectivity index (χ0v) is 17.5. The highest BCUT2D eigenvalue weighted by Crippen LogP contribution is 2.52. The Morgan fingerprint density at radius 1 is 0.690 bits per heavy atom. The molecule has 3 aromatic carbocycles. The number of benzene rings is 3. The topological polar surface area (TPSA) is 44.8 Å². The zero-order valence-electron chi connectivity index (χ0n) is 16.6. The van der Waals surface area contributed by atoms with E-state index in [1.54, 1.807) is 0 Å². The lowest BCUT2D eigenvalue weighted by Crippen LogP contribution is -2.11. The van der Waals surface area contributed by atoms with Crippen molar-refractivity contribution in [3.8, 4) is 0 Å². The Hall–Kier alpha value is -2.23. The predicted molar refractivity (Wildman–Crippen MR) is 115 cm³/mol. The molecule has 5 heteroatoms. The van der Waals surface area contributed by atoms with E-state index in [2.05, 4.69) is 12.1 Å². The van der Waals surface area contributed by atoms with Gasteiger partial charge in [0.05, 0.1) is 19.3 Å². The Morgan fingerprint density at radius 2 is 1.10 bits per heavy atom. The molecule has 0 aliphatic heterocycles. The van der Waals surface area contributed by atoms with Crippen LogP contribution in [0, 0.1) is 0 Å². The van der Waals surface area contributed by atoms with E-state index in [1.807, 2.05) is 85.8 Å². The maximum atomic E-state index is 13.3. The van der Waals surface area contributed by atoms with Crippen LogP contribution in [0.25, 0.3) is 0 Å². The van der Waals surface area contributed by atoms with Crippen molar-refractivity contribution in [2.45, 2.75) is 39.1 Å². The predicted octanol–water partition coefficient (Wildman–Crippen LogP) is 6.57. The fraction of sp³-hybridized carbons (Fsp3) is 0.250. The summed E-state index contributed by atoms with van der Waals surface area (Å²) in [4.78, 5) is 0. The summed E-state index contributed by atoms with van der Waals surface area (Å²) in [5.41, 5.74) is 3.04. The Balaban J connectivity index is 1.61. The van der Waals surface area contributed by atoms with Crippen LogP contribution < -0.4 is 0 Å². The summed E-state index contributed by atoms with van der Waals surface area (Å²) in [7, 11) is -3.73. The van der Waals surface area contributed by atoms with Crippen molar-refractivity contribution in [3.63, 3.8) is 0 Å². The van der Waals surface area contributed by atoms with E-state index in [9.17, 15) is 4.57 Å². The first kappa shape index (κ1) is 21.5. The van der Waals surface area contributed by atoms with Crippen LogP contribution in [0.1, 0.15) is 30.0 Å². The third-order valence-electron chi connectivity index (χ3n) is 4.46. The normalized spacial score (nSPS) is 12.6. The number of hydrogen-bond acceptors (Lipinski definition) is 4. The van der Waals surface area contributed by atoms with Crippen molar-refractivity contribution < 1.29 is 18.1 Å². The van der Waals surface area contributed by atoms with Crippen LogP contribution in [0.15, 0.2) is 91.0 Å². The lowest BCUT2D eigenvalue weighted by Gasteiger charge is -2.22. The van der Waals surface area contributed by atoms with Crippen LogP contribution in [0.5, 0.6) is 0 Å². The molecule has 29 heavy (non-hydrogen) atoms. The maximum Gasteiger partial charge on any atom is 0.475 e. The SMILES string of the molecule is CC(CCc1ccccc1)OP(=O)(OCc1ccccc1)OCc1ccccc1. The van der Waals surface area contributed by atoms with Crippen molar-refractivity contribution in [3.05, 3.63) is 108 Å². The molecule has 0 spiro atoms. The average molecular weight is 410 g/mol. The van der Waals surface area contributed by atoms with E-state index in [0.29, 0.717) is 0 Å². The number of phosphoric ester groups is 1. The average Bonchev–Trinajstić information content (AvgIpc) is 2.77. The molecule has 3 rings (SSSR count). The second-order valence-electron chi connectivity index (χ2n) is 6.91. The smallest absolute Gasteiger partial charge is 0.284 e. The lowest BCUT2D eigenvalue weighted by molar-refractivity contribution is 0.0732. The van der Waals surface area contributed by atoms with E-state index in [-0.39, 0.29) is 19.3 Å². The molecule has 1 unspecified atom stereocenters. The summed E-state index contributed by atoms with van der Waals surface area (Å²) < 4.78 is 30.5. The molecule has 0 amide bonds. The standard InChI is InChI=1S/C24H27O4P/c1-21(17-18-22-11-5-2-6-12-22)28-29(25,26-19-23-13-7-3-8-14-23)27-20-24-15-9-4-10-16-24/h2-16,21H,17-20H2,1H3. The second-order valence-corrected chi connectivity index (χ2v) is 8.53. The quantitative estimate of drug-likeness (QED) is 0.336. The summed E-state index contributed by atoms with van der Waals surface area (Å²) in [5.74, 6) is 0. The van der Waals surface area contributed by atoms with Gasteiger partial charge in [0.1, 0.15) is 0 Å². The molecule has 1 atom stereocenters. The minimum atomic E-state index is -3.73. The van der Waals surface area contributed by atoms with Gasteiger partial charge in [0.25, 0.3) is 0 Å². The summed E-state index contributed by atoms with van der Waals surface area (Å²) in [5, 5.41) is 0. The molecule has 0 aliphatic rings. The van der Waals surface area contributed by atoms with Gasteiger partial charge in [-0.25, -0.2) is 4.57 Å². The Labute approximate surface area is 173 Å². The van der Waals surface area contributed by atoms with E-state index in [4.69, 9.17) is 13.6 Å². The molecule has 0 N–H and O–H groups in total. The van der Waals surface area contributed by atoms with Crippen LogP contribution in [0.3, 0.4) is 0 Å². The van der Waals surface area contributed by atoms with E-state index < -0.39 is 7.82 Å². The van der Waals surface area contributed by atoms with Crippen molar-refractivity contribution in [2.24, 2.45) is 0 Å². The summed E-state index contributed by atoms with van der Waals surface area (Å²) >= 11 is 0. The first-order valence-corrected chi connectivity index (χ1v) is 11.3. The molecule has 4 nitrogen and oxygen atoms in total. The molecule has 0 radical (unpaired) electrons. The molecule has 0 saturated carbocycles. The molecule has 0 aromatic heterocycles. The number of aryl methyl sites for hydroxylation is 1. The van der Waals surface area contributed by atoms with Gasteiger partial charge in [0.2, 0.25) is 0 Å². The molecule has 152 valence electrons. The number of hydrogen-bond donors (Lipinski definition) is 0. The van der Waals surface area contributed by atoms with Crippen molar-refractivity contribution >= 4 is 7.82 Å². The molecule has 3 aromatic rings. The summed E-state index contributed by atoms with van der Waals surface area (Å²) in [6.07, 6.45) is 1.28. The van der Waals surface area contributed by atoms with Crippen LogP contribution in [-0.2, 0) is 37.8 Å². The van der Waals surface area contributed by atoms with Gasteiger partial charge in [-0.05, 0) is 36.5 Å². The van der Waals surface area contributed by atoms with Crippen LogP contribution in [0.2, 0.25) is 0 Å². The first-order valence-electron chi connectivity index (χ1n) is 9.82. The van der Waals surface area contributed by atoms with Crippen LogP contribution in [0.4, 0.5) is 0 Å². The fourth-order valence-corrected chi connectivity index (χ4v) is 4.20. The van der Waals surface area contributed by atoms with Crippen molar-refractivity contribution in [1.29, 1.82) is 0 Å². The van der Waals surface area contributed by atoms with Crippen molar-refractivity contribution in [2.75, 3.05) is 0 Å². The summed E-state index contributed by atoms with van der Waals surface area (Å²) in [6.45, 7) is 2.23. The maximum absolute atomic E-state index is 13.3. The van der Waals surface area contributed by atoms with Crippen LogP contribution in [-0.4, -0.2) is 6.10 Å². The largest absolute Gasteiger partial charge is 0.475 e. The van der Waals surface area contributed by atoms with Crippen molar-refractivity contribution in [1.82, 2.24) is 0 Å². The van der Waals surface area contributed by atoms with Gasteiger partial charge in [-0.1, -0.05) is 91.0 Å². The second kappa shape index (κ2) is 11.1. The number of rotatable bonds is 11. The van der Waals surface area contributed by atoms with Gasteiger partial charge in [0, 0.05) is 0 Å². The molecule has 0 bridgehead atoms. The lowest BCUT2D eigenvalue weighted by atomic mass is 10.1. The third-order valence-corrected chi connectivity index (χ3v) is 5.96. The van der Waals surface area contributed by atoms with Gasteiger partial charge in [0.15, 0.2) is 0 Å². The van der Waals surface area contributed by atoms with Crippen LogP contribution >= 0.6 is 7.82 Å². The molecule has 0 fully saturated rings. The zero-order chi connectivity index (χ0) is 20.4. The van der Waals surface area contributed by atoms with Gasteiger partial charge in [-0.2, -0.15) is 0 Å². The molecule has 0 heterocycles. The van der Waals surface area contributed by atoms with Gasteiger partial charge < -0.3 is 0 Å². The monoisotopic (exact) mass is 410 g/mol. The Morgan fingerprint density at radius 3 is 1.55 bits per heavy atom. The van der Waals surface area contributed by atoms with Gasteiger partial charge >= 0.3 is 7.82 Å². The minimum Gasteiger partial charge on any atom is -0.284 e. The highest BCUT2D eigenvalue weighted by molar-refractivity contribution is 7.48. The molecular weight excluding hydrogens is 383 g/mol. The Bertz CT molecular complexity index is 837. The third kappa shape index (κ3) is 7.60. The minimum absolute atomic E-state index is 0.165. The molecule has 0 aliphatic carbocycles. The first-order chi connectivity index (χ1) is 14.1. The number of phosphoric acid groups is 1. The van der Waals surface area contributed by atoms with E-state index in [0.717, 1.165) is 24.0 Å². The summed E-state index contributed by atoms with van der Waals surface area (Å²) in [6, 6.07) is 29.3. The fourth-order valence-electron chi connectivity index (χ4n) is 2.84. The molecule has 0 saturated heterocycles. The van der Waals surface area contributed by atoms with Gasteiger partial charge in [-0.3, -0.25) is 13.6 Å². The highest BCUT2D eigenvalue weighted by atomic mass is 31.2. The highest BCUT2D eigenvalue weighted by Gasteiger charge is 2.29. The van der Waals surface area contributed by atoms with E-state index in [1.165, 1.54) is 5.56 Å². The molecular formula is C24H27O4P. The van der Waals surface area contributed by atoms with E-state index >= 15 is 0 Å².